The fraction of sp³-hybridized carbons (Fsp3) is 0.812. The van der Waals surface area contributed by atoms with E-state index >= 15 is 0 Å². The van der Waals surface area contributed by atoms with Crippen molar-refractivity contribution in [3.63, 3.8) is 0 Å². The normalized spacial score (nSPS) is 21.4. The molecule has 7 atom stereocenters. The van der Waals surface area contributed by atoms with E-state index < -0.39 is 49.5 Å². The number of carbonyl (C=O) groups is 1. The second-order valence-corrected chi connectivity index (χ2v) is 16.2. The first-order valence-corrected chi connectivity index (χ1v) is 23.4. The fourth-order valence-corrected chi connectivity index (χ4v) is 7.09. The number of carbonyl (C=O) groups excluding carboxylic acids is 1. The molecule has 0 aliphatic carbocycles. The van der Waals surface area contributed by atoms with Gasteiger partial charge in [0.1, 0.15) is 24.4 Å². The van der Waals surface area contributed by atoms with Crippen LogP contribution in [-0.2, 0) is 14.3 Å². The molecular formula is C48H87NO8. The number of unbranched alkanes of at least 4 members (excludes halogenated alkanes) is 22. The SMILES string of the molecule is CCC/C=C\C/C=C\CCCCCCCC(=O)NC(COC1OC(CO)C(O)C(O)C1O)C(O)/C=C/CC/C=C/CCCCCCCCCCCCCCCCC. The molecule has 0 bridgehead atoms. The standard InChI is InChI=1S/C48H87NO8/c1-3-5-7-9-11-13-15-17-18-19-20-21-22-23-24-26-27-29-31-33-35-37-42(51)41(40-56-48-47(55)46(54)45(53)43(39-50)57-48)49-44(52)38-36-34-32-30-28-25-16-14-12-10-8-6-4-2/h8,10,14,16,27,29,35,37,41-43,45-48,50-51,53-55H,3-7,9,11-13,15,17-26,28,30-34,36,38-40H2,1-2H3,(H,49,52)/b10-8-,16-14-,29-27+,37-35+. The van der Waals surface area contributed by atoms with Crippen LogP contribution in [0.5, 0.6) is 0 Å². The van der Waals surface area contributed by atoms with Crippen molar-refractivity contribution in [2.24, 2.45) is 0 Å². The summed E-state index contributed by atoms with van der Waals surface area (Å²) in [5.41, 5.74) is 0. The molecule has 0 aromatic heterocycles. The van der Waals surface area contributed by atoms with Crippen LogP contribution in [0.25, 0.3) is 0 Å². The number of nitrogens with one attached hydrogen (secondary N) is 1. The molecular weight excluding hydrogens is 719 g/mol. The smallest absolute Gasteiger partial charge is 0.220 e. The van der Waals surface area contributed by atoms with Crippen molar-refractivity contribution in [1.82, 2.24) is 5.32 Å². The lowest BCUT2D eigenvalue weighted by Gasteiger charge is -2.40. The lowest BCUT2D eigenvalue weighted by atomic mass is 9.99. The number of amides is 1. The van der Waals surface area contributed by atoms with Crippen molar-refractivity contribution in [3.05, 3.63) is 48.6 Å². The van der Waals surface area contributed by atoms with Crippen LogP contribution < -0.4 is 5.32 Å². The van der Waals surface area contributed by atoms with Crippen LogP contribution in [-0.4, -0.2) is 87.5 Å². The molecule has 57 heavy (non-hydrogen) atoms. The molecule has 1 fully saturated rings. The average Bonchev–Trinajstić information content (AvgIpc) is 3.21. The van der Waals surface area contributed by atoms with E-state index in [0.29, 0.717) is 6.42 Å². The van der Waals surface area contributed by atoms with Gasteiger partial charge in [0.25, 0.3) is 0 Å². The van der Waals surface area contributed by atoms with Gasteiger partial charge in [-0.3, -0.25) is 4.79 Å². The number of allylic oxidation sites excluding steroid dienone is 7. The molecule has 7 unspecified atom stereocenters. The minimum absolute atomic E-state index is 0.203. The van der Waals surface area contributed by atoms with E-state index in [4.69, 9.17) is 9.47 Å². The monoisotopic (exact) mass is 806 g/mol. The summed E-state index contributed by atoms with van der Waals surface area (Å²) in [4.78, 5) is 12.9. The fourth-order valence-electron chi connectivity index (χ4n) is 7.09. The Morgan fingerprint density at radius 3 is 1.65 bits per heavy atom. The maximum Gasteiger partial charge on any atom is 0.220 e. The molecule has 1 saturated heterocycles. The molecule has 9 heteroatoms. The Morgan fingerprint density at radius 1 is 0.596 bits per heavy atom. The molecule has 0 aromatic rings. The third kappa shape index (κ3) is 29.1. The third-order valence-electron chi connectivity index (χ3n) is 10.9. The molecule has 1 amide bonds. The van der Waals surface area contributed by atoms with Gasteiger partial charge >= 0.3 is 0 Å². The van der Waals surface area contributed by atoms with Gasteiger partial charge < -0.3 is 40.3 Å². The molecule has 1 aliphatic rings. The summed E-state index contributed by atoms with van der Waals surface area (Å²) in [6, 6.07) is -0.828. The van der Waals surface area contributed by atoms with E-state index in [1.807, 2.05) is 6.08 Å². The van der Waals surface area contributed by atoms with Crippen molar-refractivity contribution >= 4 is 5.91 Å². The maximum absolute atomic E-state index is 12.9. The van der Waals surface area contributed by atoms with Crippen molar-refractivity contribution in [3.8, 4) is 0 Å². The first-order chi connectivity index (χ1) is 27.8. The molecule has 1 heterocycles. The first kappa shape index (κ1) is 53.2. The quantitative estimate of drug-likeness (QED) is 0.0267. The molecule has 1 aliphatic heterocycles. The van der Waals surface area contributed by atoms with Crippen molar-refractivity contribution in [2.75, 3.05) is 13.2 Å². The second kappa shape index (κ2) is 38.4. The first-order valence-electron chi connectivity index (χ1n) is 23.4. The van der Waals surface area contributed by atoms with E-state index in [9.17, 15) is 30.3 Å². The lowest BCUT2D eigenvalue weighted by molar-refractivity contribution is -0.302. The summed E-state index contributed by atoms with van der Waals surface area (Å²) in [5, 5.41) is 54.1. The van der Waals surface area contributed by atoms with Crippen molar-refractivity contribution in [1.29, 1.82) is 0 Å². The van der Waals surface area contributed by atoms with Crippen molar-refractivity contribution in [2.45, 2.75) is 236 Å². The summed E-state index contributed by atoms with van der Waals surface area (Å²) in [6.07, 6.45) is 41.6. The zero-order chi connectivity index (χ0) is 41.6. The molecule has 9 nitrogen and oxygen atoms in total. The van der Waals surface area contributed by atoms with Crippen LogP contribution in [0.1, 0.15) is 194 Å². The van der Waals surface area contributed by atoms with Gasteiger partial charge in [-0.05, 0) is 57.8 Å². The Kier molecular flexibility index (Phi) is 35.8. The number of ether oxygens (including phenoxy) is 2. The predicted molar refractivity (Wildman–Crippen MR) is 235 cm³/mol. The van der Waals surface area contributed by atoms with Crippen LogP contribution in [0.15, 0.2) is 48.6 Å². The van der Waals surface area contributed by atoms with Gasteiger partial charge in [-0.15, -0.1) is 0 Å². The van der Waals surface area contributed by atoms with Gasteiger partial charge in [0.05, 0.1) is 25.4 Å². The second-order valence-electron chi connectivity index (χ2n) is 16.2. The topological polar surface area (TPSA) is 149 Å². The van der Waals surface area contributed by atoms with E-state index in [2.05, 4.69) is 55.6 Å². The van der Waals surface area contributed by atoms with Crippen LogP contribution in [0.3, 0.4) is 0 Å². The Balaban J connectivity index is 2.37. The van der Waals surface area contributed by atoms with Gasteiger partial charge in [0.2, 0.25) is 5.91 Å². The Labute approximate surface area is 348 Å². The zero-order valence-electron chi connectivity index (χ0n) is 36.3. The predicted octanol–water partition coefficient (Wildman–Crippen LogP) is 9.84. The molecule has 0 spiro atoms. The highest BCUT2D eigenvalue weighted by Crippen LogP contribution is 2.22. The van der Waals surface area contributed by atoms with Crippen LogP contribution in [0, 0.1) is 0 Å². The van der Waals surface area contributed by atoms with Crippen LogP contribution >= 0.6 is 0 Å². The highest BCUT2D eigenvalue weighted by atomic mass is 16.7. The summed E-state index contributed by atoms with van der Waals surface area (Å²) >= 11 is 0. The van der Waals surface area contributed by atoms with E-state index in [0.717, 1.165) is 70.6 Å². The highest BCUT2D eigenvalue weighted by molar-refractivity contribution is 5.76. The van der Waals surface area contributed by atoms with Gasteiger partial charge in [0.15, 0.2) is 6.29 Å². The molecule has 1 rings (SSSR count). The van der Waals surface area contributed by atoms with Crippen LogP contribution in [0.2, 0.25) is 0 Å². The Hall–Kier alpha value is -1.85. The van der Waals surface area contributed by atoms with Crippen molar-refractivity contribution < 1.29 is 39.8 Å². The Bertz CT molecular complexity index is 1030. The molecule has 6 N–H and O–H groups in total. The van der Waals surface area contributed by atoms with Gasteiger partial charge in [0, 0.05) is 6.42 Å². The largest absolute Gasteiger partial charge is 0.394 e. The average molecular weight is 806 g/mol. The van der Waals surface area contributed by atoms with Gasteiger partial charge in [-0.1, -0.05) is 178 Å². The zero-order valence-corrected chi connectivity index (χ0v) is 36.3. The molecule has 0 saturated carbocycles. The summed E-state index contributed by atoms with van der Waals surface area (Å²) in [7, 11) is 0. The van der Waals surface area contributed by atoms with Crippen LogP contribution in [0.4, 0.5) is 0 Å². The minimum Gasteiger partial charge on any atom is -0.394 e. The molecule has 332 valence electrons. The lowest BCUT2D eigenvalue weighted by Crippen LogP contribution is -2.60. The van der Waals surface area contributed by atoms with Gasteiger partial charge in [-0.25, -0.2) is 0 Å². The number of hydrogen-bond donors (Lipinski definition) is 6. The van der Waals surface area contributed by atoms with Gasteiger partial charge in [-0.2, -0.15) is 0 Å². The summed E-state index contributed by atoms with van der Waals surface area (Å²) in [6.45, 7) is 3.68. The number of rotatable bonds is 38. The Morgan fingerprint density at radius 2 is 1.09 bits per heavy atom. The van der Waals surface area contributed by atoms with E-state index in [-0.39, 0.29) is 12.5 Å². The minimum atomic E-state index is -1.57. The summed E-state index contributed by atoms with van der Waals surface area (Å²) in [5.74, 6) is -0.203. The maximum atomic E-state index is 12.9. The van der Waals surface area contributed by atoms with E-state index in [1.165, 1.54) is 103 Å². The molecule has 0 aromatic carbocycles. The summed E-state index contributed by atoms with van der Waals surface area (Å²) < 4.78 is 11.2. The number of aliphatic hydroxyl groups excluding tert-OH is 5. The van der Waals surface area contributed by atoms with E-state index in [1.54, 1.807) is 6.08 Å². The number of hydrogen-bond acceptors (Lipinski definition) is 8. The molecule has 0 radical (unpaired) electrons. The highest BCUT2D eigenvalue weighted by Gasteiger charge is 2.44. The third-order valence-corrected chi connectivity index (χ3v) is 10.9. The number of aliphatic hydroxyl groups is 5.